The first kappa shape index (κ1) is 22.2. The number of halogens is 2. The highest BCUT2D eigenvalue weighted by molar-refractivity contribution is 6.36. The maximum absolute atomic E-state index is 6.61. The van der Waals surface area contributed by atoms with Crippen LogP contribution >= 0.6 is 23.2 Å². The van der Waals surface area contributed by atoms with Gasteiger partial charge in [0.15, 0.2) is 0 Å². The molecule has 0 unspecified atom stereocenters. The summed E-state index contributed by atoms with van der Waals surface area (Å²) in [5, 5.41) is 5.08. The summed E-state index contributed by atoms with van der Waals surface area (Å²) in [5.74, 6) is 0.952. The van der Waals surface area contributed by atoms with E-state index in [2.05, 4.69) is 36.5 Å². The maximum atomic E-state index is 6.61. The Labute approximate surface area is 210 Å². The van der Waals surface area contributed by atoms with Gasteiger partial charge >= 0.3 is 0 Å². The molecule has 1 N–H and O–H groups in total. The highest BCUT2D eigenvalue weighted by Gasteiger charge is 2.35. The fourth-order valence-corrected chi connectivity index (χ4v) is 5.56. The average Bonchev–Trinajstić information content (AvgIpc) is 3.75. The molecule has 0 aliphatic heterocycles. The average molecular weight is 491 g/mol. The molecule has 1 heterocycles. The first-order valence-electron chi connectivity index (χ1n) is 12.3. The number of aliphatic imine (C=N–C) groups is 1. The van der Waals surface area contributed by atoms with Crippen LogP contribution in [0.3, 0.4) is 0 Å². The van der Waals surface area contributed by atoms with Crippen molar-refractivity contribution < 1.29 is 0 Å². The standard InChI is InChI=1S/C28H28Cl2N4/c1-2-31-23-13-18-5-3-4-6-20(18)27(23)32-15-24-25(16-7-8-16)34-28(26(33-24)17-9-10-17)21-12-11-19(29)14-22(21)30/h3-6,11-12,14,16-17,27,32H,2,7-10,13,15H2,1H3/t27-/m1/s1. The van der Waals surface area contributed by atoms with Gasteiger partial charge in [-0.05, 0) is 61.9 Å². The molecule has 34 heavy (non-hydrogen) atoms. The molecule has 3 aromatic rings. The molecule has 0 amide bonds. The van der Waals surface area contributed by atoms with Gasteiger partial charge in [0.1, 0.15) is 0 Å². The van der Waals surface area contributed by atoms with Gasteiger partial charge in [0.25, 0.3) is 0 Å². The van der Waals surface area contributed by atoms with Crippen molar-refractivity contribution in [2.45, 2.75) is 63.5 Å². The summed E-state index contributed by atoms with van der Waals surface area (Å²) in [4.78, 5) is 15.3. The summed E-state index contributed by atoms with van der Waals surface area (Å²) >= 11 is 12.8. The molecular formula is C28H28Cl2N4. The van der Waals surface area contributed by atoms with Crippen LogP contribution in [0.1, 0.15) is 78.7 Å². The van der Waals surface area contributed by atoms with Crippen molar-refractivity contribution in [3.63, 3.8) is 0 Å². The normalized spacial score (nSPS) is 20.7. The van der Waals surface area contributed by atoms with Crippen molar-refractivity contribution in [3.05, 3.63) is 80.7 Å². The molecule has 0 radical (unpaired) electrons. The molecule has 4 nitrogen and oxygen atoms in total. The number of benzene rings is 2. The van der Waals surface area contributed by atoms with Crippen molar-refractivity contribution in [2.75, 3.05) is 6.54 Å². The highest BCUT2D eigenvalue weighted by atomic mass is 35.5. The van der Waals surface area contributed by atoms with Crippen LogP contribution in [0, 0.1) is 0 Å². The van der Waals surface area contributed by atoms with Crippen LogP contribution in [-0.2, 0) is 13.0 Å². The number of hydrogen-bond donors (Lipinski definition) is 1. The van der Waals surface area contributed by atoms with Crippen molar-refractivity contribution in [3.8, 4) is 11.3 Å². The SMILES string of the molecule is CCN=C1Cc2ccccc2[C@H]1NCc1nc(C2CC2)c(-c2ccc(Cl)cc2Cl)nc1C1CC1. The third kappa shape index (κ3) is 4.28. The monoisotopic (exact) mass is 490 g/mol. The second kappa shape index (κ2) is 9.07. The molecule has 0 bridgehead atoms. The smallest absolute Gasteiger partial charge is 0.0938 e. The molecule has 2 aromatic carbocycles. The van der Waals surface area contributed by atoms with E-state index in [4.69, 9.17) is 38.2 Å². The Bertz CT molecular complexity index is 1280. The Kier molecular flexibility index (Phi) is 5.92. The number of nitrogens with one attached hydrogen (secondary N) is 1. The van der Waals surface area contributed by atoms with Crippen molar-refractivity contribution in [1.29, 1.82) is 0 Å². The summed E-state index contributed by atoms with van der Waals surface area (Å²) in [5.41, 5.74) is 9.08. The zero-order chi connectivity index (χ0) is 23.2. The van der Waals surface area contributed by atoms with E-state index >= 15 is 0 Å². The lowest BCUT2D eigenvalue weighted by molar-refractivity contribution is 0.628. The second-order valence-corrected chi connectivity index (χ2v) is 10.5. The number of aromatic nitrogens is 2. The number of rotatable bonds is 7. The summed E-state index contributed by atoms with van der Waals surface area (Å²) in [7, 11) is 0. The number of hydrogen-bond acceptors (Lipinski definition) is 4. The van der Waals surface area contributed by atoms with Crippen LogP contribution in [0.15, 0.2) is 47.5 Å². The Morgan fingerprint density at radius 2 is 1.74 bits per heavy atom. The van der Waals surface area contributed by atoms with Crippen LogP contribution in [0.5, 0.6) is 0 Å². The van der Waals surface area contributed by atoms with Gasteiger partial charge in [-0.25, -0.2) is 4.98 Å². The third-order valence-corrected chi connectivity index (χ3v) is 7.59. The Morgan fingerprint density at radius 1 is 0.971 bits per heavy atom. The molecular weight excluding hydrogens is 463 g/mol. The van der Waals surface area contributed by atoms with Crippen LogP contribution in [0.25, 0.3) is 11.3 Å². The van der Waals surface area contributed by atoms with Crippen molar-refractivity contribution in [2.24, 2.45) is 4.99 Å². The van der Waals surface area contributed by atoms with E-state index in [1.165, 1.54) is 29.7 Å². The minimum atomic E-state index is 0.139. The van der Waals surface area contributed by atoms with Crippen LogP contribution in [-0.4, -0.2) is 22.2 Å². The van der Waals surface area contributed by atoms with E-state index in [-0.39, 0.29) is 6.04 Å². The van der Waals surface area contributed by atoms with Crippen LogP contribution < -0.4 is 5.32 Å². The van der Waals surface area contributed by atoms with Gasteiger partial charge in [0.2, 0.25) is 0 Å². The van der Waals surface area contributed by atoms with E-state index in [9.17, 15) is 0 Å². The Balaban J connectivity index is 1.37. The Morgan fingerprint density at radius 3 is 2.47 bits per heavy atom. The maximum Gasteiger partial charge on any atom is 0.0938 e. The minimum absolute atomic E-state index is 0.139. The quantitative estimate of drug-likeness (QED) is 0.385. The first-order chi connectivity index (χ1) is 16.6. The van der Waals surface area contributed by atoms with E-state index in [1.54, 1.807) is 6.07 Å². The zero-order valence-electron chi connectivity index (χ0n) is 19.3. The van der Waals surface area contributed by atoms with Gasteiger partial charge in [-0.1, -0.05) is 47.5 Å². The van der Waals surface area contributed by atoms with E-state index < -0.39 is 0 Å². The van der Waals surface area contributed by atoms with Gasteiger partial charge in [-0.3, -0.25) is 15.3 Å². The Hall–Kier alpha value is -2.27. The lowest BCUT2D eigenvalue weighted by Crippen LogP contribution is -2.27. The number of fused-ring (bicyclic) bond motifs is 1. The van der Waals surface area contributed by atoms with Gasteiger partial charge in [-0.15, -0.1) is 0 Å². The van der Waals surface area contributed by atoms with Gasteiger partial charge in [0.05, 0.1) is 33.8 Å². The number of nitrogens with zero attached hydrogens (tertiary/aromatic N) is 3. The summed E-state index contributed by atoms with van der Waals surface area (Å²) in [6, 6.07) is 14.5. The van der Waals surface area contributed by atoms with Crippen molar-refractivity contribution in [1.82, 2.24) is 15.3 Å². The molecule has 1 atom stereocenters. The summed E-state index contributed by atoms with van der Waals surface area (Å²) in [6.45, 7) is 3.60. The van der Waals surface area contributed by atoms with Crippen LogP contribution in [0.2, 0.25) is 10.0 Å². The minimum Gasteiger partial charge on any atom is -0.299 e. The molecule has 3 aliphatic carbocycles. The molecule has 6 heteroatoms. The third-order valence-electron chi connectivity index (χ3n) is 7.05. The van der Waals surface area contributed by atoms with E-state index in [0.29, 0.717) is 28.4 Å². The summed E-state index contributed by atoms with van der Waals surface area (Å²) < 4.78 is 0. The zero-order valence-corrected chi connectivity index (χ0v) is 20.8. The topological polar surface area (TPSA) is 50.2 Å². The van der Waals surface area contributed by atoms with Crippen LogP contribution in [0.4, 0.5) is 0 Å². The molecule has 6 rings (SSSR count). The van der Waals surface area contributed by atoms with Gasteiger partial charge < -0.3 is 0 Å². The second-order valence-electron chi connectivity index (χ2n) is 9.62. The van der Waals surface area contributed by atoms with Gasteiger partial charge in [0, 0.05) is 47.6 Å². The molecule has 1 aromatic heterocycles. The summed E-state index contributed by atoms with van der Waals surface area (Å²) in [6.07, 6.45) is 5.59. The fourth-order valence-electron chi connectivity index (χ4n) is 5.06. The molecule has 3 aliphatic rings. The highest BCUT2D eigenvalue weighted by Crippen LogP contribution is 2.47. The molecule has 2 saturated carbocycles. The first-order valence-corrected chi connectivity index (χ1v) is 13.1. The van der Waals surface area contributed by atoms with Crippen molar-refractivity contribution >= 4 is 28.9 Å². The molecule has 174 valence electrons. The van der Waals surface area contributed by atoms with Gasteiger partial charge in [-0.2, -0.15) is 0 Å². The van der Waals surface area contributed by atoms with E-state index in [0.717, 1.165) is 54.1 Å². The largest absolute Gasteiger partial charge is 0.299 e. The fraction of sp³-hybridized carbons (Fsp3) is 0.393. The lowest BCUT2D eigenvalue weighted by Gasteiger charge is -2.19. The lowest BCUT2D eigenvalue weighted by atomic mass is 10.0. The molecule has 0 spiro atoms. The molecule has 0 saturated heterocycles. The predicted octanol–water partition coefficient (Wildman–Crippen LogP) is 7.05. The molecule has 2 fully saturated rings. The predicted molar refractivity (Wildman–Crippen MR) is 139 cm³/mol. The van der Waals surface area contributed by atoms with E-state index in [1.807, 2.05) is 12.1 Å².